The lowest BCUT2D eigenvalue weighted by Crippen LogP contribution is -2.48. The number of nitrogens with one attached hydrogen (secondary N) is 1. The lowest BCUT2D eigenvalue weighted by atomic mass is 10.1. The van der Waals surface area contributed by atoms with Crippen LogP contribution < -0.4 is 14.4 Å². The fraction of sp³-hybridized carbons (Fsp3) is 0.381. The molecule has 152 valence electrons. The third kappa shape index (κ3) is 6.27. The van der Waals surface area contributed by atoms with E-state index in [0.29, 0.717) is 29.6 Å². The van der Waals surface area contributed by atoms with E-state index >= 15 is 0 Å². The zero-order valence-corrected chi connectivity index (χ0v) is 17.6. The summed E-state index contributed by atoms with van der Waals surface area (Å²) < 4.78 is 31.6. The van der Waals surface area contributed by atoms with Crippen molar-refractivity contribution in [1.82, 2.24) is 5.32 Å². The van der Waals surface area contributed by atoms with Gasteiger partial charge in [0.1, 0.15) is 17.5 Å². The van der Waals surface area contributed by atoms with E-state index in [9.17, 15) is 13.2 Å². The third-order valence-corrected chi connectivity index (χ3v) is 5.42. The van der Waals surface area contributed by atoms with Gasteiger partial charge in [-0.25, -0.2) is 8.42 Å². The van der Waals surface area contributed by atoms with Crippen molar-refractivity contribution in [2.75, 3.05) is 17.1 Å². The van der Waals surface area contributed by atoms with Gasteiger partial charge in [-0.3, -0.25) is 9.10 Å². The number of carbonyl (C=O) groups is 1. The van der Waals surface area contributed by atoms with Crippen LogP contribution in [0.5, 0.6) is 11.5 Å². The molecule has 1 N–H and O–H groups in total. The number of carbonyl (C=O) groups excluding carboxylic acids is 1. The molecule has 2 aromatic rings. The fourth-order valence-corrected chi connectivity index (χ4v) is 3.90. The van der Waals surface area contributed by atoms with Gasteiger partial charge in [-0.1, -0.05) is 32.0 Å². The van der Waals surface area contributed by atoms with Gasteiger partial charge in [0, 0.05) is 6.54 Å². The van der Waals surface area contributed by atoms with E-state index in [-0.39, 0.29) is 5.91 Å². The van der Waals surface area contributed by atoms with Crippen molar-refractivity contribution in [1.29, 1.82) is 0 Å². The Kier molecular flexibility index (Phi) is 7.45. The minimum atomic E-state index is -3.64. The van der Waals surface area contributed by atoms with E-state index < -0.39 is 16.1 Å². The van der Waals surface area contributed by atoms with Crippen molar-refractivity contribution in [3.05, 3.63) is 54.6 Å². The summed E-state index contributed by atoms with van der Waals surface area (Å²) in [6, 6.07) is 15.1. The highest BCUT2D eigenvalue weighted by Gasteiger charge is 2.28. The van der Waals surface area contributed by atoms with Crippen LogP contribution in [0, 0.1) is 5.92 Å². The van der Waals surface area contributed by atoms with Gasteiger partial charge in [-0.05, 0) is 55.7 Å². The van der Waals surface area contributed by atoms with Gasteiger partial charge < -0.3 is 10.1 Å². The molecule has 0 saturated carbocycles. The second-order valence-corrected chi connectivity index (χ2v) is 8.98. The van der Waals surface area contributed by atoms with Crippen molar-refractivity contribution in [2.45, 2.75) is 33.2 Å². The van der Waals surface area contributed by atoms with Crippen molar-refractivity contribution < 1.29 is 17.9 Å². The van der Waals surface area contributed by atoms with E-state index in [1.165, 1.54) is 0 Å². The smallest absolute Gasteiger partial charge is 0.243 e. The van der Waals surface area contributed by atoms with Crippen LogP contribution in [0.4, 0.5) is 5.69 Å². The first-order chi connectivity index (χ1) is 13.2. The maximum absolute atomic E-state index is 12.5. The molecule has 0 aromatic heterocycles. The van der Waals surface area contributed by atoms with Gasteiger partial charge in [0.2, 0.25) is 15.9 Å². The summed E-state index contributed by atoms with van der Waals surface area (Å²) in [5, 5.41) is 2.81. The van der Waals surface area contributed by atoms with Crippen molar-refractivity contribution in [2.24, 2.45) is 5.92 Å². The number of nitrogens with zero attached hydrogens (tertiary/aromatic N) is 1. The van der Waals surface area contributed by atoms with Crippen LogP contribution in [0.2, 0.25) is 0 Å². The highest BCUT2D eigenvalue weighted by Crippen LogP contribution is 2.26. The number of rotatable bonds is 9. The Bertz CT molecular complexity index is 865. The molecule has 1 atom stereocenters. The largest absolute Gasteiger partial charge is 0.457 e. The lowest BCUT2D eigenvalue weighted by Gasteiger charge is -2.28. The highest BCUT2D eigenvalue weighted by molar-refractivity contribution is 7.92. The minimum absolute atomic E-state index is 0.323. The number of amides is 1. The van der Waals surface area contributed by atoms with Gasteiger partial charge in [0.15, 0.2) is 0 Å². The Morgan fingerprint density at radius 1 is 1.00 bits per heavy atom. The number of hydrogen-bond donors (Lipinski definition) is 1. The van der Waals surface area contributed by atoms with Crippen molar-refractivity contribution >= 4 is 21.6 Å². The summed E-state index contributed by atoms with van der Waals surface area (Å²) in [6.45, 7) is 6.23. The second kappa shape index (κ2) is 9.59. The molecule has 7 heteroatoms. The molecule has 0 aliphatic heterocycles. The first-order valence-electron chi connectivity index (χ1n) is 9.28. The van der Waals surface area contributed by atoms with Gasteiger partial charge in [0.05, 0.1) is 11.9 Å². The van der Waals surface area contributed by atoms with Crippen LogP contribution in [0.15, 0.2) is 54.6 Å². The zero-order chi connectivity index (χ0) is 20.7. The molecule has 1 amide bonds. The molecule has 0 unspecified atom stereocenters. The average Bonchev–Trinajstić information content (AvgIpc) is 2.62. The van der Waals surface area contributed by atoms with Gasteiger partial charge in [-0.2, -0.15) is 0 Å². The van der Waals surface area contributed by atoms with E-state index in [0.717, 1.165) is 17.0 Å². The fourth-order valence-electron chi connectivity index (χ4n) is 2.73. The predicted octanol–water partition coefficient (Wildman–Crippen LogP) is 3.80. The van der Waals surface area contributed by atoms with Crippen LogP contribution in [-0.4, -0.2) is 33.2 Å². The maximum atomic E-state index is 12.5. The summed E-state index contributed by atoms with van der Waals surface area (Å²) in [5.41, 5.74) is 0.412. The molecule has 0 heterocycles. The van der Waals surface area contributed by atoms with E-state index in [2.05, 4.69) is 19.2 Å². The molecule has 0 radical (unpaired) electrons. The Morgan fingerprint density at radius 2 is 1.57 bits per heavy atom. The molecule has 0 fully saturated rings. The Hall–Kier alpha value is -2.54. The molecular formula is C21H28N2O4S. The van der Waals surface area contributed by atoms with Crippen molar-refractivity contribution in [3.8, 4) is 11.5 Å². The summed E-state index contributed by atoms with van der Waals surface area (Å²) in [5.74, 6) is 1.40. The normalized spacial score (nSPS) is 12.5. The molecule has 0 spiro atoms. The third-order valence-electron chi connectivity index (χ3n) is 4.18. The molecule has 2 rings (SSSR count). The summed E-state index contributed by atoms with van der Waals surface area (Å²) >= 11 is 0. The van der Waals surface area contributed by atoms with Gasteiger partial charge in [-0.15, -0.1) is 0 Å². The quantitative estimate of drug-likeness (QED) is 0.690. The summed E-state index contributed by atoms with van der Waals surface area (Å²) in [4.78, 5) is 12.5. The number of benzene rings is 2. The van der Waals surface area contributed by atoms with Crippen LogP contribution >= 0.6 is 0 Å². The molecule has 28 heavy (non-hydrogen) atoms. The molecule has 0 aliphatic rings. The summed E-state index contributed by atoms with van der Waals surface area (Å²) in [6.07, 6.45) is 1.93. The Balaban J connectivity index is 2.15. The number of ether oxygens (including phenoxy) is 1. The molecule has 0 saturated heterocycles. The number of anilines is 1. The monoisotopic (exact) mass is 404 g/mol. The predicted molar refractivity (Wildman–Crippen MR) is 112 cm³/mol. The molecule has 6 nitrogen and oxygen atoms in total. The van der Waals surface area contributed by atoms with Crippen LogP contribution in [-0.2, 0) is 14.8 Å². The second-order valence-electron chi connectivity index (χ2n) is 7.12. The van der Waals surface area contributed by atoms with Crippen LogP contribution in [0.3, 0.4) is 0 Å². The molecule has 0 bridgehead atoms. The number of para-hydroxylation sites is 1. The van der Waals surface area contributed by atoms with Crippen LogP contribution in [0.25, 0.3) is 0 Å². The van der Waals surface area contributed by atoms with Crippen molar-refractivity contribution in [3.63, 3.8) is 0 Å². The standard InChI is InChI=1S/C21H28N2O4S/c1-16(2)14-15-22-21(24)17(3)23(28(4,25)26)18-10-12-20(13-11-18)27-19-8-6-5-7-9-19/h5-13,16-17H,14-15H2,1-4H3,(H,22,24)/t17-/m1/s1. The maximum Gasteiger partial charge on any atom is 0.243 e. The average molecular weight is 405 g/mol. The number of sulfonamides is 1. The highest BCUT2D eigenvalue weighted by atomic mass is 32.2. The zero-order valence-electron chi connectivity index (χ0n) is 16.8. The molecule has 2 aromatic carbocycles. The van der Waals surface area contributed by atoms with Gasteiger partial charge >= 0.3 is 0 Å². The number of hydrogen-bond acceptors (Lipinski definition) is 4. The van der Waals surface area contributed by atoms with Crippen LogP contribution in [0.1, 0.15) is 27.2 Å². The van der Waals surface area contributed by atoms with E-state index in [1.54, 1.807) is 31.2 Å². The van der Waals surface area contributed by atoms with Gasteiger partial charge in [0.25, 0.3) is 0 Å². The van der Waals surface area contributed by atoms with E-state index in [1.807, 2.05) is 30.3 Å². The SMILES string of the molecule is CC(C)CCNC(=O)[C@@H](C)N(c1ccc(Oc2ccccc2)cc1)S(C)(=O)=O. The minimum Gasteiger partial charge on any atom is -0.457 e. The lowest BCUT2D eigenvalue weighted by molar-refractivity contribution is -0.121. The Labute approximate surface area is 167 Å². The first kappa shape index (κ1) is 21.8. The van der Waals surface area contributed by atoms with E-state index in [4.69, 9.17) is 4.74 Å². The topological polar surface area (TPSA) is 75.7 Å². The summed E-state index contributed by atoms with van der Waals surface area (Å²) in [7, 11) is -3.64. The molecule has 0 aliphatic carbocycles. The molecular weight excluding hydrogens is 376 g/mol. The Morgan fingerprint density at radius 3 is 2.11 bits per heavy atom. The first-order valence-corrected chi connectivity index (χ1v) is 11.1.